The van der Waals surface area contributed by atoms with Crippen LogP contribution in [0.5, 0.6) is 0 Å². The van der Waals surface area contributed by atoms with Gasteiger partial charge in [0.25, 0.3) is 0 Å². The van der Waals surface area contributed by atoms with Crippen molar-refractivity contribution in [2.75, 3.05) is 31.1 Å². The van der Waals surface area contributed by atoms with Crippen molar-refractivity contribution in [3.05, 3.63) is 29.6 Å². The number of ether oxygens (including phenoxy) is 1. The van der Waals surface area contributed by atoms with Crippen molar-refractivity contribution in [2.24, 2.45) is 17.8 Å². The number of hydrogen-bond donors (Lipinski definition) is 2. The molecule has 0 spiro atoms. The molecule has 8 heteroatoms. The number of halogens is 1. The number of nitrogens with zero attached hydrogens (tertiary/aromatic N) is 2. The van der Waals surface area contributed by atoms with E-state index < -0.39 is 11.7 Å². The fourth-order valence-corrected chi connectivity index (χ4v) is 4.39. The highest BCUT2D eigenvalue weighted by Crippen LogP contribution is 2.54. The predicted octanol–water partition coefficient (Wildman–Crippen LogP) is 1.49. The summed E-state index contributed by atoms with van der Waals surface area (Å²) in [6.45, 7) is 3.14. The van der Waals surface area contributed by atoms with Crippen molar-refractivity contribution >= 4 is 17.7 Å². The van der Waals surface area contributed by atoms with Crippen LogP contribution in [-0.2, 0) is 15.1 Å². The first-order valence-corrected chi connectivity index (χ1v) is 9.07. The number of piperidine rings is 1. The second-order valence-corrected chi connectivity index (χ2v) is 7.57. The molecule has 4 rings (SSSR count). The molecule has 0 bridgehead atoms. The van der Waals surface area contributed by atoms with E-state index in [-0.39, 0.29) is 24.8 Å². The van der Waals surface area contributed by atoms with Gasteiger partial charge in [-0.25, -0.2) is 9.18 Å². The summed E-state index contributed by atoms with van der Waals surface area (Å²) in [5.74, 6) is 0.788. The first-order chi connectivity index (χ1) is 12.9. The standard InChI is InChI=1S/C19H21FN4O3/c1-11(25)22-9-19(10-23-18(26)27-19)12-2-3-17(16(20)6-12)24-7-14-13(4-5-21)15(14)8-24/h2-3,6,13-15H,4,7-10H2,1H3,(H,22,25)(H,23,26)/t13-,14-,15+,19?. The number of alkyl carbamates (subject to hydrolysis) is 1. The molecule has 142 valence electrons. The van der Waals surface area contributed by atoms with Gasteiger partial charge in [0.2, 0.25) is 5.91 Å². The molecule has 2 N–H and O–H groups in total. The smallest absolute Gasteiger partial charge is 0.408 e. The molecule has 4 atom stereocenters. The Morgan fingerprint density at radius 3 is 2.78 bits per heavy atom. The molecule has 1 unspecified atom stereocenters. The van der Waals surface area contributed by atoms with Crippen LogP contribution in [0.1, 0.15) is 18.9 Å². The molecular formula is C19H21FN4O3. The van der Waals surface area contributed by atoms with E-state index in [0.29, 0.717) is 35.4 Å². The monoisotopic (exact) mass is 372 g/mol. The van der Waals surface area contributed by atoms with Crippen molar-refractivity contribution in [2.45, 2.75) is 18.9 Å². The van der Waals surface area contributed by atoms with E-state index in [4.69, 9.17) is 10.00 Å². The quantitative estimate of drug-likeness (QED) is 0.817. The molecule has 27 heavy (non-hydrogen) atoms. The Labute approximate surface area is 156 Å². The third kappa shape index (κ3) is 3.07. The number of carbonyl (C=O) groups excluding carboxylic acids is 2. The third-order valence-electron chi connectivity index (χ3n) is 5.94. The predicted molar refractivity (Wildman–Crippen MR) is 94.2 cm³/mol. The van der Waals surface area contributed by atoms with Crippen LogP contribution in [0.15, 0.2) is 18.2 Å². The number of carbonyl (C=O) groups is 2. The Balaban J connectivity index is 1.52. The van der Waals surface area contributed by atoms with Gasteiger partial charge in [-0.05, 0) is 29.9 Å². The number of benzene rings is 1. The van der Waals surface area contributed by atoms with Crippen LogP contribution in [0.25, 0.3) is 0 Å². The fourth-order valence-electron chi connectivity index (χ4n) is 4.39. The Kier molecular flexibility index (Phi) is 4.17. The lowest BCUT2D eigenvalue weighted by atomic mass is 9.93. The van der Waals surface area contributed by atoms with E-state index in [1.807, 2.05) is 4.90 Å². The van der Waals surface area contributed by atoms with Gasteiger partial charge in [0.15, 0.2) is 5.60 Å². The second-order valence-electron chi connectivity index (χ2n) is 7.57. The molecule has 2 aliphatic heterocycles. The molecule has 0 aromatic heterocycles. The summed E-state index contributed by atoms with van der Waals surface area (Å²) in [5.41, 5.74) is -0.0937. The van der Waals surface area contributed by atoms with E-state index in [2.05, 4.69) is 16.7 Å². The molecule has 3 aliphatic rings. The summed E-state index contributed by atoms with van der Waals surface area (Å²) in [5, 5.41) is 14.1. The zero-order chi connectivity index (χ0) is 19.2. The second kappa shape index (κ2) is 6.41. The van der Waals surface area contributed by atoms with Gasteiger partial charge in [-0.3, -0.25) is 4.79 Å². The first kappa shape index (κ1) is 17.6. The zero-order valence-electron chi connectivity index (χ0n) is 15.0. The van der Waals surface area contributed by atoms with Crippen LogP contribution in [0.3, 0.4) is 0 Å². The summed E-state index contributed by atoms with van der Waals surface area (Å²) >= 11 is 0. The van der Waals surface area contributed by atoms with Crippen molar-refractivity contribution in [3.8, 4) is 6.07 Å². The van der Waals surface area contributed by atoms with Crippen molar-refractivity contribution < 1.29 is 18.7 Å². The van der Waals surface area contributed by atoms with Gasteiger partial charge in [0, 0.05) is 32.0 Å². The van der Waals surface area contributed by atoms with Crippen molar-refractivity contribution in [1.82, 2.24) is 10.6 Å². The summed E-state index contributed by atoms with van der Waals surface area (Å²) in [7, 11) is 0. The summed E-state index contributed by atoms with van der Waals surface area (Å²) in [4.78, 5) is 24.9. The molecule has 1 aromatic carbocycles. The maximum atomic E-state index is 14.9. The first-order valence-electron chi connectivity index (χ1n) is 9.07. The normalized spacial score (nSPS) is 30.9. The third-order valence-corrected chi connectivity index (χ3v) is 5.94. The van der Waals surface area contributed by atoms with E-state index in [1.165, 1.54) is 13.0 Å². The van der Waals surface area contributed by atoms with Crippen molar-refractivity contribution in [1.29, 1.82) is 5.26 Å². The number of nitrogens with one attached hydrogen (secondary N) is 2. The Bertz CT molecular complexity index is 827. The summed E-state index contributed by atoms with van der Waals surface area (Å²) in [6.07, 6.45) is -0.0118. The highest BCUT2D eigenvalue weighted by atomic mass is 19.1. The average Bonchev–Trinajstić information content (AvgIpc) is 2.99. The molecule has 2 amide bonds. The molecule has 1 saturated carbocycles. The van der Waals surface area contributed by atoms with Crippen molar-refractivity contribution in [3.63, 3.8) is 0 Å². The minimum atomic E-state index is -1.12. The summed E-state index contributed by atoms with van der Waals surface area (Å²) in [6, 6.07) is 7.06. The number of nitriles is 1. The van der Waals surface area contributed by atoms with Gasteiger partial charge in [-0.15, -0.1) is 0 Å². The Hall–Kier alpha value is -2.82. The maximum absolute atomic E-state index is 14.9. The lowest BCUT2D eigenvalue weighted by Gasteiger charge is -2.28. The molecule has 2 saturated heterocycles. The maximum Gasteiger partial charge on any atom is 0.408 e. The van der Waals surface area contributed by atoms with E-state index in [0.717, 1.165) is 13.1 Å². The lowest BCUT2D eigenvalue weighted by molar-refractivity contribution is -0.120. The number of hydrogen-bond acceptors (Lipinski definition) is 5. The molecule has 1 aromatic rings. The van der Waals surface area contributed by atoms with Crippen LogP contribution in [0, 0.1) is 34.9 Å². The Morgan fingerprint density at radius 2 is 2.22 bits per heavy atom. The van der Waals surface area contributed by atoms with Crippen LogP contribution in [-0.4, -0.2) is 38.2 Å². The SMILES string of the molecule is CC(=O)NCC1(c2ccc(N3C[C@@H]4[C@@H](CC#N)[C@@H]4C3)c(F)c2)CNC(=O)O1. The van der Waals surface area contributed by atoms with Crippen LogP contribution >= 0.6 is 0 Å². The molecule has 3 fully saturated rings. The number of rotatable bonds is 5. The number of anilines is 1. The minimum absolute atomic E-state index is 0.0730. The molecule has 2 heterocycles. The lowest BCUT2D eigenvalue weighted by Crippen LogP contribution is -2.43. The van der Waals surface area contributed by atoms with Crippen LogP contribution in [0.4, 0.5) is 14.9 Å². The van der Waals surface area contributed by atoms with E-state index in [1.54, 1.807) is 12.1 Å². The van der Waals surface area contributed by atoms with Gasteiger partial charge in [0.05, 0.1) is 24.8 Å². The average molecular weight is 372 g/mol. The zero-order valence-corrected chi connectivity index (χ0v) is 15.0. The topological polar surface area (TPSA) is 94.5 Å². The Morgan fingerprint density at radius 1 is 1.48 bits per heavy atom. The van der Waals surface area contributed by atoms with Gasteiger partial charge < -0.3 is 20.3 Å². The largest absolute Gasteiger partial charge is 0.434 e. The van der Waals surface area contributed by atoms with Gasteiger partial charge in [-0.1, -0.05) is 6.07 Å². The molecular weight excluding hydrogens is 351 g/mol. The van der Waals surface area contributed by atoms with Gasteiger partial charge in [-0.2, -0.15) is 5.26 Å². The molecule has 0 radical (unpaired) electrons. The van der Waals surface area contributed by atoms with E-state index >= 15 is 0 Å². The number of amides is 2. The number of fused-ring (bicyclic) bond motifs is 1. The van der Waals surface area contributed by atoms with Gasteiger partial charge in [0.1, 0.15) is 5.82 Å². The number of cyclic esters (lactones) is 1. The van der Waals surface area contributed by atoms with Crippen LogP contribution in [0.2, 0.25) is 0 Å². The molecule has 1 aliphatic carbocycles. The summed E-state index contributed by atoms with van der Waals surface area (Å²) < 4.78 is 20.3. The highest BCUT2D eigenvalue weighted by molar-refractivity contribution is 5.74. The molecule has 7 nitrogen and oxygen atoms in total. The van der Waals surface area contributed by atoms with Crippen LogP contribution < -0.4 is 15.5 Å². The minimum Gasteiger partial charge on any atom is -0.434 e. The highest BCUT2D eigenvalue weighted by Gasteiger charge is 2.55. The van der Waals surface area contributed by atoms with E-state index in [9.17, 15) is 14.0 Å². The fraction of sp³-hybridized carbons (Fsp3) is 0.526. The van der Waals surface area contributed by atoms with Gasteiger partial charge >= 0.3 is 6.09 Å².